The van der Waals surface area contributed by atoms with Gasteiger partial charge in [-0.2, -0.15) is 0 Å². The molecule has 1 aromatic heterocycles. The van der Waals surface area contributed by atoms with Gasteiger partial charge in [-0.05, 0) is 51.0 Å². The van der Waals surface area contributed by atoms with E-state index in [1.165, 1.54) is 13.0 Å². The summed E-state index contributed by atoms with van der Waals surface area (Å²) < 4.78 is 0. The lowest BCUT2D eigenvalue weighted by atomic mass is 10.2. The van der Waals surface area contributed by atoms with E-state index in [9.17, 15) is 0 Å². The highest BCUT2D eigenvalue weighted by Crippen LogP contribution is 2.18. The van der Waals surface area contributed by atoms with Gasteiger partial charge in [0.2, 0.25) is 0 Å². The van der Waals surface area contributed by atoms with Gasteiger partial charge in [-0.3, -0.25) is 0 Å². The zero-order chi connectivity index (χ0) is 13.4. The molecule has 1 aromatic rings. The van der Waals surface area contributed by atoms with Crippen LogP contribution in [0.3, 0.4) is 0 Å². The van der Waals surface area contributed by atoms with E-state index in [0.29, 0.717) is 0 Å². The van der Waals surface area contributed by atoms with Crippen LogP contribution in [0.1, 0.15) is 32.3 Å². The van der Waals surface area contributed by atoms with Gasteiger partial charge in [0.05, 0.1) is 5.69 Å². The quantitative estimate of drug-likeness (QED) is 0.696. The van der Waals surface area contributed by atoms with Crippen molar-refractivity contribution >= 4 is 11.5 Å². The molecule has 0 atom stereocenters. The van der Waals surface area contributed by atoms with Crippen molar-refractivity contribution in [2.75, 3.05) is 37.2 Å². The van der Waals surface area contributed by atoms with Crippen molar-refractivity contribution in [2.45, 2.75) is 33.6 Å². The van der Waals surface area contributed by atoms with Gasteiger partial charge in [0.25, 0.3) is 0 Å². The second-order valence-corrected chi connectivity index (χ2v) is 4.55. The van der Waals surface area contributed by atoms with Crippen molar-refractivity contribution < 1.29 is 0 Å². The Kier molecular flexibility index (Phi) is 6.50. The van der Waals surface area contributed by atoms with Crippen molar-refractivity contribution in [1.82, 2.24) is 9.88 Å². The Morgan fingerprint density at radius 1 is 1.28 bits per heavy atom. The minimum atomic E-state index is 0.765. The van der Waals surface area contributed by atoms with Gasteiger partial charge in [0, 0.05) is 12.7 Å². The summed E-state index contributed by atoms with van der Waals surface area (Å²) in [7, 11) is 0. The minimum absolute atomic E-state index is 0.765. The third kappa shape index (κ3) is 4.53. The molecule has 4 nitrogen and oxygen atoms in total. The molecule has 1 rings (SSSR count). The van der Waals surface area contributed by atoms with E-state index < -0.39 is 0 Å². The Morgan fingerprint density at radius 3 is 2.67 bits per heavy atom. The summed E-state index contributed by atoms with van der Waals surface area (Å²) in [6.45, 7) is 10.8. The zero-order valence-corrected chi connectivity index (χ0v) is 11.9. The second-order valence-electron chi connectivity index (χ2n) is 4.55. The number of hydrogen-bond donors (Lipinski definition) is 2. The van der Waals surface area contributed by atoms with E-state index in [0.717, 1.165) is 43.1 Å². The molecule has 0 aliphatic heterocycles. The number of pyridine rings is 1. The first-order chi connectivity index (χ1) is 8.69. The molecule has 1 heterocycles. The first-order valence-corrected chi connectivity index (χ1v) is 6.86. The van der Waals surface area contributed by atoms with Crippen molar-refractivity contribution in [3.05, 3.63) is 17.8 Å². The molecule has 0 aliphatic carbocycles. The highest BCUT2D eigenvalue weighted by molar-refractivity contribution is 5.64. The summed E-state index contributed by atoms with van der Waals surface area (Å²) in [6, 6.07) is 1.93. The molecule has 102 valence electrons. The van der Waals surface area contributed by atoms with Crippen LogP contribution in [0.4, 0.5) is 11.5 Å². The predicted octanol–water partition coefficient (Wildman–Crippen LogP) is 2.51. The van der Waals surface area contributed by atoms with Gasteiger partial charge in [-0.15, -0.1) is 0 Å². The Bertz CT molecular complexity index is 348. The molecule has 4 heteroatoms. The maximum atomic E-state index is 5.96. The predicted molar refractivity (Wildman–Crippen MR) is 78.9 cm³/mol. The van der Waals surface area contributed by atoms with E-state index >= 15 is 0 Å². The highest BCUT2D eigenvalue weighted by atomic mass is 15.1. The summed E-state index contributed by atoms with van der Waals surface area (Å²) in [6.07, 6.45) is 4.15. The van der Waals surface area contributed by atoms with Crippen LogP contribution in [0.25, 0.3) is 0 Å². The monoisotopic (exact) mass is 250 g/mol. The lowest BCUT2D eigenvalue weighted by Crippen LogP contribution is -2.24. The number of unbranched alkanes of at least 4 members (excludes halogenated alkanes) is 1. The molecular formula is C14H26N4. The van der Waals surface area contributed by atoms with Crippen molar-refractivity contribution in [3.8, 4) is 0 Å². The summed E-state index contributed by atoms with van der Waals surface area (Å²) in [5.41, 5.74) is 7.80. The van der Waals surface area contributed by atoms with E-state index in [4.69, 9.17) is 5.73 Å². The molecule has 0 fully saturated rings. The van der Waals surface area contributed by atoms with Crippen molar-refractivity contribution in [3.63, 3.8) is 0 Å². The molecular weight excluding hydrogens is 224 g/mol. The number of aryl methyl sites for hydroxylation is 1. The lowest BCUT2D eigenvalue weighted by molar-refractivity contribution is 0.298. The number of aromatic nitrogens is 1. The van der Waals surface area contributed by atoms with Crippen molar-refractivity contribution in [2.24, 2.45) is 0 Å². The Labute approximate surface area is 111 Å². The van der Waals surface area contributed by atoms with Crippen LogP contribution in [0, 0.1) is 6.92 Å². The maximum Gasteiger partial charge on any atom is 0.149 e. The summed E-state index contributed by atoms with van der Waals surface area (Å²) >= 11 is 0. The largest absolute Gasteiger partial charge is 0.396 e. The summed E-state index contributed by atoms with van der Waals surface area (Å²) in [5.74, 6) is 0.817. The lowest BCUT2D eigenvalue weighted by Gasteiger charge is -2.17. The Morgan fingerprint density at radius 2 is 2.00 bits per heavy atom. The fourth-order valence-corrected chi connectivity index (χ4v) is 1.92. The highest BCUT2D eigenvalue weighted by Gasteiger charge is 2.02. The van der Waals surface area contributed by atoms with Crippen LogP contribution in [-0.4, -0.2) is 36.1 Å². The summed E-state index contributed by atoms with van der Waals surface area (Å²) in [4.78, 5) is 6.70. The van der Waals surface area contributed by atoms with Crippen LogP contribution in [0.2, 0.25) is 0 Å². The Balaban J connectivity index is 2.24. The van der Waals surface area contributed by atoms with Crippen molar-refractivity contribution in [1.29, 1.82) is 0 Å². The van der Waals surface area contributed by atoms with E-state index in [-0.39, 0.29) is 0 Å². The van der Waals surface area contributed by atoms with Crippen LogP contribution in [0.5, 0.6) is 0 Å². The van der Waals surface area contributed by atoms with E-state index in [2.05, 4.69) is 29.0 Å². The van der Waals surface area contributed by atoms with Crippen LogP contribution in [-0.2, 0) is 0 Å². The number of hydrogen-bond acceptors (Lipinski definition) is 4. The second kappa shape index (κ2) is 7.93. The van der Waals surface area contributed by atoms with Crippen LogP contribution in [0.15, 0.2) is 12.3 Å². The summed E-state index contributed by atoms with van der Waals surface area (Å²) in [5, 5.41) is 3.31. The van der Waals surface area contributed by atoms with Gasteiger partial charge in [0.1, 0.15) is 5.82 Å². The van der Waals surface area contributed by atoms with Gasteiger partial charge in [0.15, 0.2) is 0 Å². The Hall–Kier alpha value is -1.29. The molecule has 0 aliphatic rings. The smallest absolute Gasteiger partial charge is 0.149 e. The molecule has 3 N–H and O–H groups in total. The normalized spacial score (nSPS) is 10.9. The number of rotatable bonds is 8. The topological polar surface area (TPSA) is 54.2 Å². The van der Waals surface area contributed by atoms with E-state index in [1.807, 2.05) is 13.0 Å². The number of nitrogens with two attached hydrogens (primary N) is 1. The minimum Gasteiger partial charge on any atom is -0.396 e. The molecule has 0 radical (unpaired) electrons. The fraction of sp³-hybridized carbons (Fsp3) is 0.643. The molecule has 0 unspecified atom stereocenters. The number of nitrogens with zero attached hydrogens (tertiary/aromatic N) is 2. The number of anilines is 2. The van der Waals surface area contributed by atoms with Gasteiger partial charge in [-0.1, -0.05) is 13.8 Å². The first kappa shape index (κ1) is 14.8. The molecule has 0 saturated heterocycles. The van der Waals surface area contributed by atoms with Gasteiger partial charge >= 0.3 is 0 Å². The third-order valence-electron chi connectivity index (χ3n) is 3.30. The molecule has 0 saturated carbocycles. The zero-order valence-electron chi connectivity index (χ0n) is 11.9. The standard InChI is InChI=1S/C14H26N4/c1-4-18(5-2)11-7-6-9-16-14-13(15)12(3)8-10-17-14/h8,10H,4-7,9,11,15H2,1-3H3,(H,16,17). The molecule has 0 bridgehead atoms. The van der Waals surface area contributed by atoms with Gasteiger partial charge in [-0.25, -0.2) is 4.98 Å². The molecule has 18 heavy (non-hydrogen) atoms. The first-order valence-electron chi connectivity index (χ1n) is 6.86. The molecule has 0 aromatic carbocycles. The van der Waals surface area contributed by atoms with Crippen LogP contribution < -0.4 is 11.1 Å². The average Bonchev–Trinajstić information content (AvgIpc) is 2.38. The number of nitrogens with one attached hydrogen (secondary N) is 1. The fourth-order valence-electron chi connectivity index (χ4n) is 1.92. The van der Waals surface area contributed by atoms with Gasteiger partial charge < -0.3 is 16.0 Å². The van der Waals surface area contributed by atoms with Crippen LogP contribution >= 0.6 is 0 Å². The molecule has 0 spiro atoms. The average molecular weight is 250 g/mol. The molecule has 0 amide bonds. The maximum absolute atomic E-state index is 5.96. The third-order valence-corrected chi connectivity index (χ3v) is 3.30. The number of nitrogen functional groups attached to an aromatic ring is 1. The SMILES string of the molecule is CCN(CC)CCCCNc1nccc(C)c1N. The van der Waals surface area contributed by atoms with E-state index in [1.54, 1.807) is 6.20 Å².